The number of methoxy groups -OCH3 is 5. The predicted molar refractivity (Wildman–Crippen MR) is 309 cm³/mol. The van der Waals surface area contributed by atoms with Crippen LogP contribution in [-0.2, 0) is 57.1 Å². The van der Waals surface area contributed by atoms with Crippen molar-refractivity contribution >= 4 is 69.0 Å². The van der Waals surface area contributed by atoms with Gasteiger partial charge >= 0.3 is 6.09 Å². The lowest BCUT2D eigenvalue weighted by atomic mass is 9.68. The Morgan fingerprint density at radius 1 is 0.881 bits per heavy atom. The minimum atomic E-state index is -2.00. The van der Waals surface area contributed by atoms with E-state index < -0.39 is 151 Å². The highest BCUT2D eigenvalue weighted by atomic mass is 127. The molecule has 2 aliphatic carbocycles. The van der Waals surface area contributed by atoms with Crippen molar-refractivity contribution < 1.29 is 106 Å². The van der Waals surface area contributed by atoms with E-state index in [1.807, 2.05) is 28.8 Å². The Hall–Kier alpha value is -3.87. The average molecular weight is 1330 g/mol. The van der Waals surface area contributed by atoms with E-state index in [0.717, 1.165) is 18.9 Å². The van der Waals surface area contributed by atoms with Crippen LogP contribution in [-0.4, -0.2) is 236 Å². The Morgan fingerprint density at radius 2 is 1.58 bits per heavy atom. The molecule has 7 N–H and O–H groups in total. The van der Waals surface area contributed by atoms with Gasteiger partial charge < -0.3 is 92.6 Å². The Balaban J connectivity index is 1.11. The lowest BCUT2D eigenvalue weighted by molar-refractivity contribution is -0.340. The van der Waals surface area contributed by atoms with Gasteiger partial charge in [0.1, 0.15) is 42.7 Å². The van der Waals surface area contributed by atoms with E-state index in [-0.39, 0.29) is 53.7 Å². The fourth-order valence-electron chi connectivity index (χ4n) is 11.0. The van der Waals surface area contributed by atoms with E-state index in [9.17, 15) is 44.7 Å². The monoisotopic (exact) mass is 1330 g/mol. The maximum atomic E-state index is 14.4. The Kier molecular flexibility index (Phi) is 24.1. The van der Waals surface area contributed by atoms with Crippen LogP contribution >= 0.6 is 46.1 Å². The number of hydroxylamine groups is 1. The molecule has 6 aliphatic rings. The first-order chi connectivity index (χ1) is 40.0. The summed E-state index contributed by atoms with van der Waals surface area (Å²) in [5.74, 6) is 10.0. The number of carbonyl (C=O) groups excluding carboxylic acids is 4. The minimum absolute atomic E-state index is 0.0128. The fourth-order valence-corrected chi connectivity index (χ4v) is 13.1. The summed E-state index contributed by atoms with van der Waals surface area (Å²) in [6.45, 7) is 7.99. The normalized spacial score (nSPS) is 37.5. The highest BCUT2D eigenvalue weighted by molar-refractivity contribution is 14.1. The summed E-state index contributed by atoms with van der Waals surface area (Å²) in [6.07, 6.45) is -12.4. The number of nitrogens with one attached hydrogen (secondary N) is 2. The summed E-state index contributed by atoms with van der Waals surface area (Å²) < 4.78 is 72.4. The Labute approximate surface area is 510 Å². The third-order valence-corrected chi connectivity index (χ3v) is 18.9. The molecular formula is C56H76IN3O22S2. The highest BCUT2D eigenvalue weighted by Gasteiger charge is 2.55. The molecule has 0 aromatic heterocycles. The van der Waals surface area contributed by atoms with E-state index in [0.29, 0.717) is 14.9 Å². The smallest absolute Gasteiger partial charge is 0.407 e. The number of benzene rings is 1. The van der Waals surface area contributed by atoms with Crippen molar-refractivity contribution in [1.82, 2.24) is 15.7 Å². The molecule has 21 atom stereocenters. The molecular weight excluding hydrogens is 1260 g/mol. The number of hydrogen-bond donors (Lipinski definition) is 7. The first-order valence-corrected chi connectivity index (χ1v) is 30.4. The molecule has 84 heavy (non-hydrogen) atoms. The van der Waals surface area contributed by atoms with Gasteiger partial charge in [0.05, 0.1) is 91.3 Å². The SMILES string of the molecule is COC(=O)NC1C(=O)C[C@]2(O)C#C/C=C\C#C[C@@H](OC3OC(C)C(NOC4CC(O)C(SC(=O)c5c(C)c(I)c(OC6OC(C)C(O)C(OC)C6O)c(OC)c5OC)C(C)O4)C(O)C3OC3CC(OC)C(N(C)C(C)=O)CO3)[C@@H]1/C2=C/CSC. The van der Waals surface area contributed by atoms with Gasteiger partial charge in [-0.05, 0) is 79.8 Å². The predicted octanol–water partition coefficient (Wildman–Crippen LogP) is 1.50. The molecule has 7 rings (SSSR count). The molecule has 4 heterocycles. The van der Waals surface area contributed by atoms with Crippen molar-refractivity contribution in [3.8, 4) is 40.9 Å². The van der Waals surface area contributed by atoms with Crippen molar-refractivity contribution in [2.75, 3.05) is 61.2 Å². The number of ether oxygens (including phenoxy) is 12. The zero-order chi connectivity index (χ0) is 61.5. The maximum absolute atomic E-state index is 14.4. The van der Waals surface area contributed by atoms with Gasteiger partial charge in [0.2, 0.25) is 23.1 Å². The molecule has 0 spiro atoms. The number of carbonyl (C=O) groups is 4. The number of aliphatic hydroxyl groups is 5. The topological polar surface area (TPSA) is 317 Å². The van der Waals surface area contributed by atoms with Gasteiger partial charge in [0.15, 0.2) is 41.8 Å². The first-order valence-electron chi connectivity index (χ1n) is 27.1. The Morgan fingerprint density at radius 3 is 2.23 bits per heavy atom. The number of ketones is 1. The van der Waals surface area contributed by atoms with Gasteiger partial charge in [0.25, 0.3) is 0 Å². The number of aliphatic hydroxyl groups excluding tert-OH is 4. The molecule has 1 aromatic carbocycles. The summed E-state index contributed by atoms with van der Waals surface area (Å²) in [5, 5.41) is 59.3. The molecule has 4 saturated heterocycles. The van der Waals surface area contributed by atoms with Crippen molar-refractivity contribution in [3.05, 3.63) is 38.5 Å². The van der Waals surface area contributed by atoms with Gasteiger partial charge in [-0.1, -0.05) is 41.5 Å². The molecule has 0 radical (unpaired) electrons. The number of rotatable bonds is 19. The molecule has 4 aliphatic heterocycles. The maximum Gasteiger partial charge on any atom is 0.407 e. The lowest BCUT2D eigenvalue weighted by Crippen LogP contribution is -2.66. The van der Waals surface area contributed by atoms with Crippen molar-refractivity contribution in [2.45, 2.75) is 175 Å². The number of hydrogen-bond acceptors (Lipinski definition) is 25. The number of amides is 2. The lowest BCUT2D eigenvalue weighted by Gasteiger charge is -2.48. The number of allylic oxidation sites excluding steroid dienone is 2. The third kappa shape index (κ3) is 14.8. The zero-order valence-corrected chi connectivity index (χ0v) is 52.4. The molecule has 1 saturated carbocycles. The quantitative estimate of drug-likeness (QED) is 0.0447. The number of likely N-dealkylation sites (N-methyl/N-ethyl adjacent to an activating group) is 1. The van der Waals surface area contributed by atoms with Gasteiger partial charge in [-0.25, -0.2) is 4.79 Å². The molecule has 2 amide bonds. The van der Waals surface area contributed by atoms with Crippen LogP contribution in [0.4, 0.5) is 4.79 Å². The molecule has 25 nitrogen and oxygen atoms in total. The number of thioether (sulfide) groups is 2. The number of nitrogens with zero attached hydrogens (tertiary/aromatic N) is 1. The number of halogens is 1. The molecule has 28 heteroatoms. The molecule has 2 bridgehead atoms. The number of alkyl carbamates (subject to hydrolysis) is 1. The first kappa shape index (κ1) is 67.6. The van der Waals surface area contributed by atoms with Crippen LogP contribution in [0.2, 0.25) is 0 Å². The zero-order valence-electron chi connectivity index (χ0n) is 48.6. The van der Waals surface area contributed by atoms with Crippen LogP contribution in [0, 0.1) is 40.1 Å². The van der Waals surface area contributed by atoms with E-state index in [1.54, 1.807) is 40.8 Å². The Bertz CT molecular complexity index is 2710. The van der Waals surface area contributed by atoms with E-state index in [4.69, 9.17) is 61.7 Å². The van der Waals surface area contributed by atoms with Crippen LogP contribution in [0.15, 0.2) is 23.8 Å². The summed E-state index contributed by atoms with van der Waals surface area (Å²) in [4.78, 5) is 61.4. The minimum Gasteiger partial charge on any atom is -0.492 e. The van der Waals surface area contributed by atoms with E-state index in [1.165, 1.54) is 64.2 Å². The van der Waals surface area contributed by atoms with Crippen LogP contribution in [0.5, 0.6) is 17.2 Å². The van der Waals surface area contributed by atoms with Gasteiger partial charge in [0, 0.05) is 52.7 Å². The molecule has 1 aromatic rings. The number of fused-ring (bicyclic) bond motifs is 2. The van der Waals surface area contributed by atoms with Gasteiger partial charge in [-0.15, -0.1) is 0 Å². The number of Topliss-reactive ketones (excluding diaryl/α,β-unsaturated/α-hetero) is 1. The largest absolute Gasteiger partial charge is 0.492 e. The second-order valence-electron chi connectivity index (χ2n) is 20.9. The van der Waals surface area contributed by atoms with Crippen molar-refractivity contribution in [1.29, 1.82) is 0 Å². The molecule has 466 valence electrons. The van der Waals surface area contributed by atoms with E-state index >= 15 is 0 Å². The summed E-state index contributed by atoms with van der Waals surface area (Å²) in [7, 11) is 8.32. The van der Waals surface area contributed by atoms with Crippen molar-refractivity contribution in [2.24, 2.45) is 5.92 Å². The highest BCUT2D eigenvalue weighted by Crippen LogP contribution is 2.49. The van der Waals surface area contributed by atoms with Crippen LogP contribution in [0.1, 0.15) is 62.9 Å². The second kappa shape index (κ2) is 29.9. The van der Waals surface area contributed by atoms with Gasteiger partial charge in [-0.3, -0.25) is 19.2 Å². The van der Waals surface area contributed by atoms with Crippen molar-refractivity contribution in [3.63, 3.8) is 0 Å². The molecule has 5 fully saturated rings. The fraction of sp³-hybridized carbons (Fsp3) is 0.679. The standard InChI is InChI=1S/C56H76IN3O22S2/c1-25-38(46(71-8)50(73-10)47(40(25)57)81-53-45(66)48(72-9)43(64)27(3)78-53)52(67)84-51-28(4)76-37(21-32(51)62)82-59-41-26(2)77-54(49(44(41)65)80-36-22-35(70-7)31(24-75-36)60(6)29(5)61)79-34-17-15-13-14-16-19-56(69)23-33(63)42(58-55(68)74-11)39(34)30(56)18-20-83-12/h13-14,18,26-28,31-32,34-37,39,41-45,48-49,51,53-54,59,62,64-66,69H,20-24H2,1-12H3,(H,58,68)/b14-13-,30-18-/t26?,27?,28?,31?,32?,34-,35?,36?,37?,39+,41?,42?,43?,44?,45?,48?,49?,51?,53?,54?,56-/m1/s1. The summed E-state index contributed by atoms with van der Waals surface area (Å²) in [5.41, 5.74) is 1.67. The summed E-state index contributed by atoms with van der Waals surface area (Å²) in [6, 6.07) is -2.95. The molecule has 18 unspecified atom stereocenters. The van der Waals surface area contributed by atoms with Crippen LogP contribution < -0.4 is 25.0 Å². The summed E-state index contributed by atoms with van der Waals surface area (Å²) >= 11 is 4.24. The van der Waals surface area contributed by atoms with Gasteiger partial charge in [-0.2, -0.15) is 17.2 Å². The van der Waals surface area contributed by atoms with Crippen LogP contribution in [0.3, 0.4) is 0 Å². The second-order valence-corrected chi connectivity index (χ2v) is 24.0. The van der Waals surface area contributed by atoms with E-state index in [2.05, 4.69) is 34.5 Å². The average Bonchev–Trinajstić information content (AvgIpc) is 1.33. The third-order valence-electron chi connectivity index (χ3n) is 15.7. The van der Waals surface area contributed by atoms with Crippen LogP contribution in [0.25, 0.3) is 0 Å².